The van der Waals surface area contributed by atoms with E-state index in [-0.39, 0.29) is 10.6 Å². The molecule has 0 aliphatic carbocycles. The van der Waals surface area contributed by atoms with E-state index in [1.807, 2.05) is 0 Å². The summed E-state index contributed by atoms with van der Waals surface area (Å²) in [5.41, 5.74) is -0.189. The molecule has 0 spiro atoms. The van der Waals surface area contributed by atoms with E-state index in [1.165, 1.54) is 24.5 Å². The summed E-state index contributed by atoms with van der Waals surface area (Å²) in [6, 6.07) is 5.79. The van der Waals surface area contributed by atoms with Crippen LogP contribution in [0.1, 0.15) is 23.2 Å². The lowest BCUT2D eigenvalue weighted by Crippen LogP contribution is -2.20. The molecule has 0 radical (unpaired) electrons. The number of nitrogens with one attached hydrogen (secondary N) is 1. The van der Waals surface area contributed by atoms with Crippen molar-refractivity contribution in [2.24, 2.45) is 0 Å². The van der Waals surface area contributed by atoms with Gasteiger partial charge in [0.2, 0.25) is 0 Å². The van der Waals surface area contributed by atoms with E-state index in [2.05, 4.69) is 20.2 Å². The van der Waals surface area contributed by atoms with Crippen molar-refractivity contribution >= 4 is 29.1 Å². The smallest absolute Gasteiger partial charge is 0.261 e. The van der Waals surface area contributed by atoms with Crippen molar-refractivity contribution in [2.75, 3.05) is 23.3 Å². The fourth-order valence-corrected chi connectivity index (χ4v) is 2.68. The predicted molar refractivity (Wildman–Crippen MR) is 82.8 cm³/mol. The van der Waals surface area contributed by atoms with E-state index < -0.39 is 11.7 Å². The van der Waals surface area contributed by atoms with Crippen molar-refractivity contribution in [1.29, 1.82) is 0 Å². The molecule has 0 atom stereocenters. The summed E-state index contributed by atoms with van der Waals surface area (Å²) < 4.78 is 13.7. The normalized spacial score (nSPS) is 14.2. The molecule has 0 unspecified atom stereocenters. The summed E-state index contributed by atoms with van der Waals surface area (Å²) in [6.07, 6.45) is 3.62. The number of carbonyl (C=O) groups excluding carboxylic acids is 1. The van der Waals surface area contributed by atoms with Crippen LogP contribution in [-0.4, -0.2) is 29.0 Å². The molecule has 22 heavy (non-hydrogen) atoms. The number of aromatic nitrogens is 2. The lowest BCUT2D eigenvalue weighted by molar-refractivity contribution is 0.102. The van der Waals surface area contributed by atoms with E-state index in [0.717, 1.165) is 31.7 Å². The zero-order valence-corrected chi connectivity index (χ0v) is 12.5. The highest BCUT2D eigenvalue weighted by atomic mass is 35.5. The first-order valence-corrected chi connectivity index (χ1v) is 7.35. The Bertz CT molecular complexity index is 683. The first-order valence-electron chi connectivity index (χ1n) is 6.97. The van der Waals surface area contributed by atoms with E-state index in [9.17, 15) is 9.18 Å². The maximum atomic E-state index is 13.7. The minimum Gasteiger partial charge on any atom is -0.356 e. The third-order valence-corrected chi connectivity index (χ3v) is 3.83. The first-order chi connectivity index (χ1) is 10.6. The average Bonchev–Trinajstić information content (AvgIpc) is 3.01. The van der Waals surface area contributed by atoms with Crippen LogP contribution in [0, 0.1) is 5.82 Å². The highest BCUT2D eigenvalue weighted by Crippen LogP contribution is 2.22. The zero-order chi connectivity index (χ0) is 15.5. The number of carbonyl (C=O) groups is 1. The van der Waals surface area contributed by atoms with Gasteiger partial charge >= 0.3 is 0 Å². The molecule has 0 saturated carbocycles. The minimum absolute atomic E-state index is 0.0614. The SMILES string of the molecule is O=C(Nc1cc(N2CCCC2)ncn1)c1c(F)cccc1Cl. The van der Waals surface area contributed by atoms with Crippen LogP contribution in [0.3, 0.4) is 0 Å². The number of anilines is 2. The first kappa shape index (κ1) is 14.7. The largest absolute Gasteiger partial charge is 0.356 e. The summed E-state index contributed by atoms with van der Waals surface area (Å²) in [5, 5.41) is 2.62. The van der Waals surface area contributed by atoms with Crippen LogP contribution >= 0.6 is 11.6 Å². The second kappa shape index (κ2) is 6.27. The van der Waals surface area contributed by atoms with Crippen LogP contribution in [0.2, 0.25) is 5.02 Å². The number of rotatable bonds is 3. The molecular weight excluding hydrogens is 307 g/mol. The summed E-state index contributed by atoms with van der Waals surface area (Å²) in [7, 11) is 0. The molecule has 1 amide bonds. The molecule has 1 saturated heterocycles. The van der Waals surface area contributed by atoms with Gasteiger partial charge in [-0.05, 0) is 25.0 Å². The van der Waals surface area contributed by atoms with Crippen LogP contribution in [0.15, 0.2) is 30.6 Å². The molecule has 0 bridgehead atoms. The number of halogens is 2. The number of hydrogen-bond acceptors (Lipinski definition) is 4. The lowest BCUT2D eigenvalue weighted by Gasteiger charge is -2.16. The second-order valence-electron chi connectivity index (χ2n) is 5.01. The van der Waals surface area contributed by atoms with Crippen molar-refractivity contribution in [3.63, 3.8) is 0 Å². The van der Waals surface area contributed by atoms with Gasteiger partial charge < -0.3 is 10.2 Å². The summed E-state index contributed by atoms with van der Waals surface area (Å²) >= 11 is 5.88. The second-order valence-corrected chi connectivity index (χ2v) is 5.41. The summed E-state index contributed by atoms with van der Waals surface area (Å²) in [5.74, 6) is -0.225. The Morgan fingerprint density at radius 1 is 1.27 bits per heavy atom. The van der Waals surface area contributed by atoms with Gasteiger partial charge in [0.15, 0.2) is 0 Å². The zero-order valence-electron chi connectivity index (χ0n) is 11.7. The molecule has 1 aliphatic rings. The molecule has 1 aromatic carbocycles. The fourth-order valence-electron chi connectivity index (χ4n) is 2.43. The number of amides is 1. The van der Waals surface area contributed by atoms with Gasteiger partial charge in [0.25, 0.3) is 5.91 Å². The maximum absolute atomic E-state index is 13.7. The van der Waals surface area contributed by atoms with Gasteiger partial charge in [-0.1, -0.05) is 17.7 Å². The number of nitrogens with zero attached hydrogens (tertiary/aromatic N) is 3. The van der Waals surface area contributed by atoms with Crippen LogP contribution in [0.5, 0.6) is 0 Å². The van der Waals surface area contributed by atoms with Gasteiger partial charge in [0, 0.05) is 19.2 Å². The third kappa shape index (κ3) is 3.01. The van der Waals surface area contributed by atoms with Crippen molar-refractivity contribution in [3.05, 3.63) is 47.0 Å². The van der Waals surface area contributed by atoms with Crippen LogP contribution in [0.25, 0.3) is 0 Å². The maximum Gasteiger partial charge on any atom is 0.261 e. The molecule has 2 aromatic rings. The van der Waals surface area contributed by atoms with Crippen LogP contribution in [0.4, 0.5) is 16.0 Å². The fraction of sp³-hybridized carbons (Fsp3) is 0.267. The monoisotopic (exact) mass is 320 g/mol. The van der Waals surface area contributed by atoms with Gasteiger partial charge in [-0.25, -0.2) is 14.4 Å². The molecular formula is C15H14ClFN4O. The molecule has 2 heterocycles. The summed E-state index contributed by atoms with van der Waals surface area (Å²) in [6.45, 7) is 1.87. The Morgan fingerprint density at radius 2 is 2.05 bits per heavy atom. The van der Waals surface area contributed by atoms with Gasteiger partial charge in [-0.3, -0.25) is 4.79 Å². The van der Waals surface area contributed by atoms with Gasteiger partial charge in [-0.2, -0.15) is 0 Å². The van der Waals surface area contributed by atoms with Gasteiger partial charge in [0.1, 0.15) is 23.8 Å². The molecule has 1 fully saturated rings. The van der Waals surface area contributed by atoms with Crippen LogP contribution in [-0.2, 0) is 0 Å². The van der Waals surface area contributed by atoms with E-state index in [4.69, 9.17) is 11.6 Å². The Morgan fingerprint density at radius 3 is 2.77 bits per heavy atom. The Hall–Kier alpha value is -2.21. The van der Waals surface area contributed by atoms with E-state index in [0.29, 0.717) is 5.82 Å². The average molecular weight is 321 g/mol. The van der Waals surface area contributed by atoms with E-state index in [1.54, 1.807) is 6.07 Å². The highest BCUT2D eigenvalue weighted by Gasteiger charge is 2.18. The quantitative estimate of drug-likeness (QED) is 0.944. The molecule has 3 rings (SSSR count). The summed E-state index contributed by atoms with van der Waals surface area (Å²) in [4.78, 5) is 22.5. The molecule has 5 nitrogen and oxygen atoms in total. The molecule has 1 aromatic heterocycles. The van der Waals surface area contributed by atoms with Gasteiger partial charge in [0.05, 0.1) is 10.6 Å². The van der Waals surface area contributed by atoms with E-state index >= 15 is 0 Å². The predicted octanol–water partition coefficient (Wildman–Crippen LogP) is 3.12. The standard InChI is InChI=1S/C15H14ClFN4O/c16-10-4-3-5-11(17)14(10)15(22)20-12-8-13(19-9-18-12)21-6-1-2-7-21/h3-5,8-9H,1-2,6-7H2,(H,18,19,20,22). The number of hydrogen-bond donors (Lipinski definition) is 1. The van der Waals surface area contributed by atoms with Gasteiger partial charge in [-0.15, -0.1) is 0 Å². The van der Waals surface area contributed by atoms with Crippen LogP contribution < -0.4 is 10.2 Å². The van der Waals surface area contributed by atoms with Crippen molar-refractivity contribution in [2.45, 2.75) is 12.8 Å². The molecule has 1 aliphatic heterocycles. The van der Waals surface area contributed by atoms with Crippen molar-refractivity contribution in [3.8, 4) is 0 Å². The van der Waals surface area contributed by atoms with Crippen molar-refractivity contribution < 1.29 is 9.18 Å². The lowest BCUT2D eigenvalue weighted by atomic mass is 10.2. The molecule has 1 N–H and O–H groups in total. The Kier molecular flexibility index (Phi) is 4.20. The minimum atomic E-state index is -0.668. The topological polar surface area (TPSA) is 58.1 Å². The third-order valence-electron chi connectivity index (χ3n) is 3.51. The molecule has 114 valence electrons. The molecule has 7 heteroatoms. The Balaban J connectivity index is 1.81. The Labute approximate surface area is 132 Å². The highest BCUT2D eigenvalue weighted by molar-refractivity contribution is 6.34. The van der Waals surface area contributed by atoms with Crippen molar-refractivity contribution in [1.82, 2.24) is 9.97 Å². The number of benzene rings is 1.